The molecule has 0 saturated carbocycles. The van der Waals surface area contributed by atoms with Crippen molar-refractivity contribution in [1.82, 2.24) is 28.7 Å². The number of H-pyrrole nitrogens is 1. The summed E-state index contributed by atoms with van der Waals surface area (Å²) in [6, 6.07) is 36.2. The average Bonchev–Trinajstić information content (AvgIpc) is 3.99. The normalized spacial score (nSPS) is 11.5. The zero-order chi connectivity index (χ0) is 39.2. The zero-order valence-corrected chi connectivity index (χ0v) is 34.1. The minimum atomic E-state index is 1.07. The van der Waals surface area contributed by atoms with Crippen molar-refractivity contribution in [2.24, 2.45) is 21.1 Å². The molecule has 0 atom stereocenters. The number of hydrogen-bond donors (Lipinski definition) is 1. The van der Waals surface area contributed by atoms with Crippen molar-refractivity contribution in [2.75, 3.05) is 0 Å². The van der Waals surface area contributed by atoms with Crippen molar-refractivity contribution in [2.45, 2.75) is 54.9 Å². The summed E-state index contributed by atoms with van der Waals surface area (Å²) in [4.78, 5) is 11.9. The summed E-state index contributed by atoms with van der Waals surface area (Å²) in [6.45, 7) is 14.8. The van der Waals surface area contributed by atoms with Crippen LogP contribution in [0.5, 0.6) is 0 Å². The molecule has 1 N–H and O–H groups in total. The maximum Gasteiger partial charge on any atom is 0.106 e. The van der Waals surface area contributed by atoms with Crippen LogP contribution in [0.3, 0.4) is 0 Å². The van der Waals surface area contributed by atoms with Crippen molar-refractivity contribution in [3.8, 4) is 0 Å². The number of nitrogens with one attached hydrogen (secondary N) is 1. The number of aromatic nitrogens is 6. The molecule has 0 aliphatic heterocycles. The van der Waals surface area contributed by atoms with E-state index in [2.05, 4.69) is 188 Å². The van der Waals surface area contributed by atoms with Crippen molar-refractivity contribution in [3.05, 3.63) is 172 Å². The topological polar surface area (TPSA) is 56.4 Å². The van der Waals surface area contributed by atoms with Crippen LogP contribution in [0.15, 0.2) is 127 Å². The Morgan fingerprint density at radius 1 is 0.618 bits per heavy atom. The summed E-state index contributed by atoms with van der Waals surface area (Å²) in [6.07, 6.45) is 9.32. The predicted octanol–water partition coefficient (Wildman–Crippen LogP) is 12.0. The van der Waals surface area contributed by atoms with E-state index >= 15 is 0 Å². The van der Waals surface area contributed by atoms with E-state index < -0.39 is 0 Å². The lowest BCUT2D eigenvalue weighted by Gasteiger charge is -1.98. The summed E-state index contributed by atoms with van der Waals surface area (Å²) >= 11 is 0. The van der Waals surface area contributed by atoms with E-state index in [0.29, 0.717) is 0 Å². The molecule has 0 spiro atoms. The first kappa shape index (κ1) is 38.6. The Kier molecular flexibility index (Phi) is 11.9. The van der Waals surface area contributed by atoms with Crippen molar-refractivity contribution < 1.29 is 0 Å². The van der Waals surface area contributed by atoms with Crippen LogP contribution in [-0.4, -0.2) is 28.7 Å². The summed E-state index contributed by atoms with van der Waals surface area (Å²) in [5, 5.41) is 2.65. The summed E-state index contributed by atoms with van der Waals surface area (Å²) < 4.78 is 6.28. The van der Waals surface area contributed by atoms with E-state index in [1.807, 2.05) is 38.1 Å². The van der Waals surface area contributed by atoms with Gasteiger partial charge in [-0.2, -0.15) is 0 Å². The molecule has 0 fully saturated rings. The molecule has 1 aliphatic rings. The Hall–Kier alpha value is -6.14. The number of imidazole rings is 2. The molecule has 6 heteroatoms. The van der Waals surface area contributed by atoms with E-state index in [9.17, 15) is 0 Å². The van der Waals surface area contributed by atoms with Gasteiger partial charge in [0.15, 0.2) is 0 Å². The molecule has 0 amide bonds. The molecule has 55 heavy (non-hydrogen) atoms. The predicted molar refractivity (Wildman–Crippen MR) is 235 cm³/mol. The van der Waals surface area contributed by atoms with Crippen LogP contribution in [0, 0.1) is 41.5 Å². The lowest BCUT2D eigenvalue weighted by atomic mass is 10.1. The van der Waals surface area contributed by atoms with Gasteiger partial charge in [-0.1, -0.05) is 77.4 Å². The molecule has 5 aromatic carbocycles. The van der Waals surface area contributed by atoms with Gasteiger partial charge < -0.3 is 18.7 Å². The van der Waals surface area contributed by atoms with E-state index in [1.165, 1.54) is 77.4 Å². The van der Waals surface area contributed by atoms with Crippen LogP contribution in [0.2, 0.25) is 0 Å². The van der Waals surface area contributed by atoms with Crippen LogP contribution >= 0.6 is 0 Å². The number of allylic oxidation sites excluding steroid dienone is 1. The Labute approximate surface area is 325 Å². The standard InChI is InChI=1S/C11H12.C10H12N2.C10H11N.C9H10N2.C9H9N/c1-8-3-4-10-6-9(2)7-11(10)5-8;1-7-4-5-10-9(6-7)11-8(2)12(10)3;1-8-4-3-5-10-9(8)6-7-11(10)2;1-7-4-3-5-8-9(7)10-6-11(8)2;1-7-2-3-9-8(6-7)4-5-10-9/h3-6H,7H2,1-2H3;4-6H,1-3H3;3-7H,1-2H3;3-6H,1-2H3;2-6,10H,1H3. The number of rotatable bonds is 0. The van der Waals surface area contributed by atoms with Gasteiger partial charge in [-0.15, -0.1) is 0 Å². The Balaban J connectivity index is 0.000000117. The monoisotopic (exact) mass is 726 g/mol. The van der Waals surface area contributed by atoms with Gasteiger partial charge >= 0.3 is 0 Å². The lowest BCUT2D eigenvalue weighted by Crippen LogP contribution is -1.89. The minimum absolute atomic E-state index is 1.07. The van der Waals surface area contributed by atoms with Gasteiger partial charge in [-0.3, -0.25) is 0 Å². The second-order valence-corrected chi connectivity index (χ2v) is 14.9. The molecule has 0 unspecified atom stereocenters. The van der Waals surface area contributed by atoms with Gasteiger partial charge in [0, 0.05) is 50.0 Å². The number of aryl methyl sites for hydroxylation is 9. The van der Waals surface area contributed by atoms with Crippen molar-refractivity contribution >= 4 is 49.9 Å². The van der Waals surface area contributed by atoms with Crippen molar-refractivity contribution in [1.29, 1.82) is 0 Å². The van der Waals surface area contributed by atoms with E-state index in [-0.39, 0.29) is 0 Å². The molecule has 4 aromatic heterocycles. The molecular formula is C49H54N6. The van der Waals surface area contributed by atoms with Gasteiger partial charge in [-0.05, 0) is 137 Å². The Bertz CT molecular complexity index is 2670. The fourth-order valence-electron chi connectivity index (χ4n) is 7.01. The number of benzene rings is 5. The SMILES string of the molecule is CC1=Cc2ccc(C)cc2C1.Cc1ccc2[nH]ccc2c1.Cc1ccc2c(c1)nc(C)n2C.Cc1cccc2c1ccn2C.Cc1cccc2c1ncn2C. The Morgan fingerprint density at radius 3 is 2.07 bits per heavy atom. The highest BCUT2D eigenvalue weighted by Gasteiger charge is 2.08. The van der Waals surface area contributed by atoms with Gasteiger partial charge in [0.05, 0.1) is 28.4 Å². The second-order valence-electron chi connectivity index (χ2n) is 14.9. The summed E-state index contributed by atoms with van der Waals surface area (Å²) in [5.74, 6) is 1.07. The smallest absolute Gasteiger partial charge is 0.106 e. The number of nitrogens with zero attached hydrogens (tertiary/aromatic N) is 5. The fourth-order valence-corrected chi connectivity index (χ4v) is 7.01. The third-order valence-electron chi connectivity index (χ3n) is 10.2. The van der Waals surface area contributed by atoms with Gasteiger partial charge in [-0.25, -0.2) is 9.97 Å². The largest absolute Gasteiger partial charge is 0.361 e. The molecule has 6 nitrogen and oxygen atoms in total. The third-order valence-corrected chi connectivity index (χ3v) is 10.2. The van der Waals surface area contributed by atoms with E-state index in [4.69, 9.17) is 0 Å². The fraction of sp³-hybridized carbons (Fsp3) is 0.224. The average molecular weight is 727 g/mol. The van der Waals surface area contributed by atoms with Crippen LogP contribution in [0.4, 0.5) is 0 Å². The number of para-hydroxylation sites is 1. The minimum Gasteiger partial charge on any atom is -0.361 e. The number of aromatic amines is 1. The van der Waals surface area contributed by atoms with E-state index in [1.54, 1.807) is 0 Å². The number of fused-ring (bicyclic) bond motifs is 5. The van der Waals surface area contributed by atoms with Crippen molar-refractivity contribution in [3.63, 3.8) is 0 Å². The van der Waals surface area contributed by atoms with Gasteiger partial charge in [0.2, 0.25) is 0 Å². The summed E-state index contributed by atoms with van der Waals surface area (Å²) in [7, 11) is 6.12. The molecular weight excluding hydrogens is 673 g/mol. The maximum absolute atomic E-state index is 4.44. The third kappa shape index (κ3) is 9.15. The second kappa shape index (κ2) is 16.9. The van der Waals surface area contributed by atoms with Crippen LogP contribution in [0.1, 0.15) is 51.7 Å². The Morgan fingerprint density at radius 2 is 1.31 bits per heavy atom. The highest BCUT2D eigenvalue weighted by molar-refractivity contribution is 5.83. The quantitative estimate of drug-likeness (QED) is 0.169. The molecule has 10 rings (SSSR count). The molecule has 0 radical (unpaired) electrons. The highest BCUT2D eigenvalue weighted by Crippen LogP contribution is 2.25. The summed E-state index contributed by atoms with van der Waals surface area (Å²) in [5.41, 5.74) is 18.0. The molecule has 0 bridgehead atoms. The van der Waals surface area contributed by atoms with Crippen LogP contribution in [-0.2, 0) is 27.6 Å². The van der Waals surface area contributed by atoms with Crippen LogP contribution < -0.4 is 0 Å². The molecule has 0 saturated heterocycles. The van der Waals surface area contributed by atoms with Crippen LogP contribution in [0.25, 0.3) is 49.9 Å². The first-order chi connectivity index (χ1) is 26.4. The lowest BCUT2D eigenvalue weighted by molar-refractivity contribution is 0.886. The molecule has 280 valence electrons. The van der Waals surface area contributed by atoms with Gasteiger partial charge in [0.25, 0.3) is 0 Å². The first-order valence-corrected chi connectivity index (χ1v) is 19.0. The number of hydrogen-bond acceptors (Lipinski definition) is 2. The molecule has 9 aromatic rings. The van der Waals surface area contributed by atoms with Gasteiger partial charge in [0.1, 0.15) is 5.82 Å². The molecule has 4 heterocycles. The molecule has 1 aliphatic carbocycles. The maximum atomic E-state index is 4.44. The zero-order valence-electron chi connectivity index (χ0n) is 34.1. The first-order valence-electron chi connectivity index (χ1n) is 19.0. The van der Waals surface area contributed by atoms with E-state index in [0.717, 1.165) is 23.3 Å². The highest BCUT2D eigenvalue weighted by atomic mass is 15.0.